The van der Waals surface area contributed by atoms with E-state index in [0.717, 1.165) is 25.3 Å². The zero-order valence-electron chi connectivity index (χ0n) is 9.71. The average molecular weight is 225 g/mol. The van der Waals surface area contributed by atoms with Crippen LogP contribution in [0.4, 0.5) is 0 Å². The molecule has 1 N–H and O–H groups in total. The summed E-state index contributed by atoms with van der Waals surface area (Å²) < 4.78 is 0. The van der Waals surface area contributed by atoms with Gasteiger partial charge in [0.05, 0.1) is 13.6 Å². The van der Waals surface area contributed by atoms with E-state index in [1.54, 1.807) is 7.05 Å². The van der Waals surface area contributed by atoms with E-state index in [2.05, 4.69) is 20.3 Å². The van der Waals surface area contributed by atoms with E-state index in [-0.39, 0.29) is 6.61 Å². The number of hydrogen-bond donors (Lipinski definition) is 1. The van der Waals surface area contributed by atoms with Crippen LogP contribution in [-0.4, -0.2) is 49.4 Å². The van der Waals surface area contributed by atoms with E-state index in [4.69, 9.17) is 5.11 Å². The number of aliphatic hydroxyl groups excluding tert-OH is 1. The molecule has 6 nitrogen and oxygen atoms in total. The number of aryl methyl sites for hydroxylation is 1. The summed E-state index contributed by atoms with van der Waals surface area (Å²) in [5.41, 5.74) is 0. The highest BCUT2D eigenvalue weighted by molar-refractivity contribution is 4.83. The minimum atomic E-state index is 0.259. The van der Waals surface area contributed by atoms with Crippen LogP contribution in [0.25, 0.3) is 0 Å². The molecule has 1 aromatic rings. The minimum Gasteiger partial charge on any atom is -0.396 e. The Hall–Kier alpha value is -1.01. The Bertz CT molecular complexity index is 325. The third-order valence-corrected chi connectivity index (χ3v) is 3.11. The quantitative estimate of drug-likeness (QED) is 0.778. The second-order valence-corrected chi connectivity index (χ2v) is 4.33. The Labute approximate surface area is 95.2 Å². The summed E-state index contributed by atoms with van der Waals surface area (Å²) in [7, 11) is 1.78. The highest BCUT2D eigenvalue weighted by Gasteiger charge is 2.23. The van der Waals surface area contributed by atoms with Gasteiger partial charge in [0.15, 0.2) is 5.82 Å². The molecular formula is C10H19N5O. The number of rotatable bonds is 4. The van der Waals surface area contributed by atoms with Gasteiger partial charge in [-0.15, -0.1) is 10.2 Å². The lowest BCUT2D eigenvalue weighted by Crippen LogP contribution is -2.39. The maximum atomic E-state index is 9.03. The molecule has 1 aromatic heterocycles. The van der Waals surface area contributed by atoms with E-state index < -0.39 is 0 Å². The van der Waals surface area contributed by atoms with Crippen molar-refractivity contribution in [1.29, 1.82) is 0 Å². The van der Waals surface area contributed by atoms with E-state index >= 15 is 0 Å². The molecule has 1 fully saturated rings. The first-order valence-corrected chi connectivity index (χ1v) is 5.87. The first kappa shape index (κ1) is 11.5. The topological polar surface area (TPSA) is 67.1 Å². The molecule has 2 rings (SSSR count). The maximum Gasteiger partial charge on any atom is 0.188 e. The molecule has 0 aliphatic carbocycles. The van der Waals surface area contributed by atoms with Crippen LogP contribution >= 0.6 is 0 Å². The van der Waals surface area contributed by atoms with Crippen molar-refractivity contribution >= 4 is 0 Å². The van der Waals surface area contributed by atoms with Crippen LogP contribution in [0, 0.1) is 0 Å². The Morgan fingerprint density at radius 2 is 2.31 bits per heavy atom. The molecule has 0 radical (unpaired) electrons. The summed E-state index contributed by atoms with van der Waals surface area (Å²) in [5, 5.41) is 21.1. The molecule has 0 bridgehead atoms. The number of aromatic nitrogens is 4. The van der Waals surface area contributed by atoms with Gasteiger partial charge in [0.25, 0.3) is 0 Å². The fourth-order valence-corrected chi connectivity index (χ4v) is 2.31. The number of nitrogens with zero attached hydrogens (tertiary/aromatic N) is 5. The first-order chi connectivity index (χ1) is 7.79. The van der Waals surface area contributed by atoms with Crippen molar-refractivity contribution in [3.8, 4) is 0 Å². The molecule has 16 heavy (non-hydrogen) atoms. The van der Waals surface area contributed by atoms with Crippen molar-refractivity contribution in [1.82, 2.24) is 25.1 Å². The summed E-state index contributed by atoms with van der Waals surface area (Å²) in [6, 6.07) is 0.475. The van der Waals surface area contributed by atoms with Crippen LogP contribution in [0.2, 0.25) is 0 Å². The summed E-state index contributed by atoms with van der Waals surface area (Å²) in [4.78, 5) is 3.84. The third kappa shape index (κ3) is 2.76. The van der Waals surface area contributed by atoms with E-state index in [0.29, 0.717) is 6.04 Å². The van der Waals surface area contributed by atoms with Gasteiger partial charge >= 0.3 is 0 Å². The van der Waals surface area contributed by atoms with Gasteiger partial charge in [0.1, 0.15) is 0 Å². The van der Waals surface area contributed by atoms with Gasteiger partial charge in [-0.05, 0) is 31.0 Å². The van der Waals surface area contributed by atoms with E-state index in [9.17, 15) is 0 Å². The van der Waals surface area contributed by atoms with E-state index in [1.807, 2.05) is 0 Å². The van der Waals surface area contributed by atoms with Crippen molar-refractivity contribution < 1.29 is 5.11 Å². The van der Waals surface area contributed by atoms with Crippen LogP contribution < -0.4 is 0 Å². The van der Waals surface area contributed by atoms with Crippen LogP contribution in [0.5, 0.6) is 0 Å². The number of hydrogen-bond acceptors (Lipinski definition) is 5. The van der Waals surface area contributed by atoms with Crippen molar-refractivity contribution in [3.63, 3.8) is 0 Å². The monoisotopic (exact) mass is 225 g/mol. The highest BCUT2D eigenvalue weighted by Crippen LogP contribution is 2.20. The normalized spacial score (nSPS) is 22.5. The average Bonchev–Trinajstić information content (AvgIpc) is 2.67. The minimum absolute atomic E-state index is 0.259. The zero-order chi connectivity index (χ0) is 11.4. The van der Waals surface area contributed by atoms with Crippen LogP contribution in [0.1, 0.15) is 31.5 Å². The van der Waals surface area contributed by atoms with Crippen molar-refractivity contribution in [2.75, 3.05) is 13.2 Å². The molecule has 1 saturated heterocycles. The smallest absolute Gasteiger partial charge is 0.188 e. The van der Waals surface area contributed by atoms with Gasteiger partial charge < -0.3 is 5.11 Å². The third-order valence-electron chi connectivity index (χ3n) is 3.11. The first-order valence-electron chi connectivity index (χ1n) is 5.87. The second-order valence-electron chi connectivity index (χ2n) is 4.33. The van der Waals surface area contributed by atoms with Crippen molar-refractivity contribution in [3.05, 3.63) is 5.82 Å². The predicted octanol–water partition coefficient (Wildman–Crippen LogP) is -0.0530. The SMILES string of the molecule is Cn1nnc(CN2CCCCC2CCO)n1. The molecule has 0 spiro atoms. The lowest BCUT2D eigenvalue weighted by Gasteiger charge is -2.34. The Balaban J connectivity index is 1.95. The lowest BCUT2D eigenvalue weighted by molar-refractivity contribution is 0.109. The Morgan fingerprint density at radius 3 is 3.00 bits per heavy atom. The fraction of sp³-hybridized carbons (Fsp3) is 0.900. The number of piperidine rings is 1. The van der Waals surface area contributed by atoms with Gasteiger partial charge in [-0.2, -0.15) is 4.80 Å². The number of tetrazole rings is 1. The summed E-state index contributed by atoms with van der Waals surface area (Å²) >= 11 is 0. The molecule has 1 unspecified atom stereocenters. The zero-order valence-corrected chi connectivity index (χ0v) is 9.71. The molecule has 1 atom stereocenters. The number of likely N-dealkylation sites (tertiary alicyclic amines) is 1. The highest BCUT2D eigenvalue weighted by atomic mass is 16.3. The number of aliphatic hydroxyl groups is 1. The predicted molar refractivity (Wildman–Crippen MR) is 58.5 cm³/mol. The summed E-state index contributed by atoms with van der Waals surface area (Å²) in [6.07, 6.45) is 4.50. The van der Waals surface area contributed by atoms with Gasteiger partial charge in [0.2, 0.25) is 0 Å². The van der Waals surface area contributed by atoms with E-state index in [1.165, 1.54) is 24.1 Å². The van der Waals surface area contributed by atoms with Gasteiger partial charge in [0, 0.05) is 12.6 Å². The molecule has 6 heteroatoms. The molecule has 1 aliphatic heterocycles. The summed E-state index contributed by atoms with van der Waals surface area (Å²) in [6.45, 7) is 2.08. The van der Waals surface area contributed by atoms with Crippen LogP contribution in [0.3, 0.4) is 0 Å². The summed E-state index contributed by atoms with van der Waals surface area (Å²) in [5.74, 6) is 0.771. The van der Waals surface area contributed by atoms with Gasteiger partial charge in [-0.1, -0.05) is 6.42 Å². The molecule has 2 heterocycles. The Kier molecular flexibility index (Phi) is 3.84. The molecule has 90 valence electrons. The van der Waals surface area contributed by atoms with Crippen LogP contribution in [0.15, 0.2) is 0 Å². The van der Waals surface area contributed by atoms with Gasteiger partial charge in [-0.25, -0.2) is 0 Å². The van der Waals surface area contributed by atoms with Gasteiger partial charge in [-0.3, -0.25) is 4.90 Å². The van der Waals surface area contributed by atoms with Crippen molar-refractivity contribution in [2.24, 2.45) is 7.05 Å². The van der Waals surface area contributed by atoms with Crippen molar-refractivity contribution in [2.45, 2.75) is 38.3 Å². The lowest BCUT2D eigenvalue weighted by atomic mass is 10.00. The molecular weight excluding hydrogens is 206 g/mol. The Morgan fingerprint density at radius 1 is 1.44 bits per heavy atom. The largest absolute Gasteiger partial charge is 0.396 e. The second kappa shape index (κ2) is 5.36. The van der Waals surface area contributed by atoms with Crippen LogP contribution in [-0.2, 0) is 13.6 Å². The molecule has 0 saturated carbocycles. The standard InChI is InChI=1S/C10H19N5O/c1-14-12-10(11-13-14)8-15-6-3-2-4-9(15)5-7-16/h9,16H,2-8H2,1H3. The fourth-order valence-electron chi connectivity index (χ4n) is 2.31. The molecule has 0 aromatic carbocycles. The molecule has 1 aliphatic rings. The molecule has 0 amide bonds. The maximum absolute atomic E-state index is 9.03.